The van der Waals surface area contributed by atoms with Crippen molar-refractivity contribution in [3.8, 4) is 11.5 Å². The molecule has 2 amide bonds. The second-order valence-electron chi connectivity index (χ2n) is 7.71. The van der Waals surface area contributed by atoms with Gasteiger partial charge in [0.05, 0.1) is 23.5 Å². The van der Waals surface area contributed by atoms with Gasteiger partial charge >= 0.3 is 0 Å². The zero-order valence-electron chi connectivity index (χ0n) is 17.3. The van der Waals surface area contributed by atoms with Crippen molar-refractivity contribution < 1.29 is 19.1 Å². The van der Waals surface area contributed by atoms with Crippen molar-refractivity contribution in [3.05, 3.63) is 48.3 Å². The Balaban J connectivity index is 1.27. The third-order valence-corrected chi connectivity index (χ3v) is 5.80. The first-order valence-electron chi connectivity index (χ1n) is 10.6. The van der Waals surface area contributed by atoms with Crippen molar-refractivity contribution in [2.24, 2.45) is 5.92 Å². The van der Waals surface area contributed by atoms with Gasteiger partial charge in [-0.3, -0.25) is 9.59 Å². The molecule has 160 valence electrons. The summed E-state index contributed by atoms with van der Waals surface area (Å²) in [5, 5.41) is 2.97. The molecule has 2 aromatic carbocycles. The highest BCUT2D eigenvalue weighted by Gasteiger charge is 2.35. The predicted octanol–water partition coefficient (Wildman–Crippen LogP) is 2.50. The van der Waals surface area contributed by atoms with Crippen molar-refractivity contribution in [3.63, 3.8) is 0 Å². The monoisotopic (exact) mass is 420 g/mol. The molecule has 8 heteroatoms. The molecule has 1 saturated heterocycles. The smallest absolute Gasteiger partial charge is 0.227 e. The molecule has 0 aliphatic carbocycles. The molecular weight excluding hydrogens is 396 g/mol. The number of carbonyl (C=O) groups is 2. The van der Waals surface area contributed by atoms with Crippen LogP contribution in [0.25, 0.3) is 11.0 Å². The summed E-state index contributed by atoms with van der Waals surface area (Å²) < 4.78 is 13.3. The second-order valence-corrected chi connectivity index (χ2v) is 7.71. The minimum atomic E-state index is -0.403. The average Bonchev–Trinajstić information content (AvgIpc) is 3.37. The van der Waals surface area contributed by atoms with Gasteiger partial charge in [0, 0.05) is 31.3 Å². The maximum Gasteiger partial charge on any atom is 0.227 e. The number of rotatable bonds is 5. The number of ether oxygens (including phenoxy) is 2. The summed E-state index contributed by atoms with van der Waals surface area (Å²) >= 11 is 0. The Morgan fingerprint density at radius 1 is 1.16 bits per heavy atom. The zero-order chi connectivity index (χ0) is 21.4. The number of aromatic nitrogens is 2. The first-order chi connectivity index (χ1) is 15.1. The summed E-state index contributed by atoms with van der Waals surface area (Å²) in [4.78, 5) is 31.7. The van der Waals surface area contributed by atoms with Crippen molar-refractivity contribution >= 4 is 28.5 Å². The van der Waals surface area contributed by atoms with E-state index in [1.165, 1.54) is 0 Å². The number of fused-ring (bicyclic) bond motifs is 2. The highest BCUT2D eigenvalue weighted by Crippen LogP contribution is 2.36. The van der Waals surface area contributed by atoms with Gasteiger partial charge in [-0.1, -0.05) is 12.1 Å². The molecule has 1 aromatic heterocycles. The van der Waals surface area contributed by atoms with Gasteiger partial charge in [-0.2, -0.15) is 0 Å². The minimum absolute atomic E-state index is 0.0716. The Hall–Kier alpha value is -3.55. The van der Waals surface area contributed by atoms with E-state index < -0.39 is 5.92 Å². The van der Waals surface area contributed by atoms with Crippen molar-refractivity contribution in [1.29, 1.82) is 0 Å². The van der Waals surface area contributed by atoms with Crippen molar-refractivity contribution in [2.45, 2.75) is 26.4 Å². The van der Waals surface area contributed by atoms with Crippen LogP contribution in [0, 0.1) is 5.92 Å². The normalized spacial score (nSPS) is 17.9. The molecular formula is C23H24N4O4. The Morgan fingerprint density at radius 2 is 1.97 bits per heavy atom. The van der Waals surface area contributed by atoms with Crippen LogP contribution in [0.2, 0.25) is 0 Å². The topological polar surface area (TPSA) is 85.7 Å². The van der Waals surface area contributed by atoms with Crippen LogP contribution in [0.3, 0.4) is 0 Å². The number of nitrogens with one attached hydrogen (secondary N) is 1. The first-order valence-corrected chi connectivity index (χ1v) is 10.6. The quantitative estimate of drug-likeness (QED) is 0.686. The van der Waals surface area contributed by atoms with Crippen LogP contribution in [-0.2, 0) is 22.7 Å². The molecule has 3 aromatic rings. The molecule has 0 radical (unpaired) electrons. The van der Waals surface area contributed by atoms with Crippen LogP contribution >= 0.6 is 0 Å². The lowest BCUT2D eigenvalue weighted by molar-refractivity contribution is -0.126. The molecule has 0 unspecified atom stereocenters. The van der Waals surface area contributed by atoms with Crippen LogP contribution < -0.4 is 19.7 Å². The molecule has 2 aliphatic rings. The summed E-state index contributed by atoms with van der Waals surface area (Å²) in [5.41, 5.74) is 2.68. The van der Waals surface area contributed by atoms with E-state index in [-0.39, 0.29) is 18.2 Å². The number of imidazole rings is 1. The molecule has 0 bridgehead atoms. The van der Waals surface area contributed by atoms with E-state index >= 15 is 0 Å². The Labute approximate surface area is 179 Å². The van der Waals surface area contributed by atoms with Gasteiger partial charge < -0.3 is 24.3 Å². The van der Waals surface area contributed by atoms with Gasteiger partial charge in [0.15, 0.2) is 11.5 Å². The zero-order valence-corrected chi connectivity index (χ0v) is 17.3. The number of hydrogen-bond donors (Lipinski definition) is 1. The standard InChI is InChI=1S/C23H24N4O4/c1-2-26-18-6-4-3-5-17(18)25-21(26)13-24-23(29)15-11-22(28)27(14-15)16-7-8-19-20(12-16)31-10-9-30-19/h3-8,12,15H,2,9-11,13-14H2,1H3,(H,24,29)/t15-/m0/s1. The molecule has 31 heavy (non-hydrogen) atoms. The predicted molar refractivity (Wildman–Crippen MR) is 115 cm³/mol. The van der Waals surface area contributed by atoms with Crippen LogP contribution in [0.4, 0.5) is 5.69 Å². The van der Waals surface area contributed by atoms with E-state index in [1.54, 1.807) is 17.0 Å². The molecule has 1 N–H and O–H groups in total. The number of benzene rings is 2. The number of amides is 2. The Kier molecular flexibility index (Phi) is 4.97. The van der Waals surface area contributed by atoms with Crippen LogP contribution in [0.1, 0.15) is 19.2 Å². The van der Waals surface area contributed by atoms with Crippen LogP contribution in [0.15, 0.2) is 42.5 Å². The van der Waals surface area contributed by atoms with E-state index in [0.29, 0.717) is 37.8 Å². The maximum atomic E-state index is 12.8. The Morgan fingerprint density at radius 3 is 2.81 bits per heavy atom. The molecule has 8 nitrogen and oxygen atoms in total. The molecule has 1 fully saturated rings. The molecule has 1 atom stereocenters. The van der Waals surface area contributed by atoms with Gasteiger partial charge in [-0.05, 0) is 31.2 Å². The van der Waals surface area contributed by atoms with Gasteiger partial charge in [0.25, 0.3) is 0 Å². The van der Waals surface area contributed by atoms with Gasteiger partial charge in [0.1, 0.15) is 19.0 Å². The summed E-state index contributed by atoms with van der Waals surface area (Å²) in [5.74, 6) is 1.50. The van der Waals surface area contributed by atoms with E-state index in [0.717, 1.165) is 29.1 Å². The number of nitrogens with zero attached hydrogens (tertiary/aromatic N) is 3. The van der Waals surface area contributed by atoms with E-state index in [9.17, 15) is 9.59 Å². The fourth-order valence-corrected chi connectivity index (χ4v) is 4.26. The number of aryl methyl sites for hydroxylation is 1. The lowest BCUT2D eigenvalue weighted by Gasteiger charge is -2.22. The van der Waals surface area contributed by atoms with E-state index in [1.807, 2.05) is 30.3 Å². The third-order valence-electron chi connectivity index (χ3n) is 5.80. The van der Waals surface area contributed by atoms with E-state index in [4.69, 9.17) is 9.47 Å². The van der Waals surface area contributed by atoms with Crippen LogP contribution in [-0.4, -0.2) is 41.1 Å². The lowest BCUT2D eigenvalue weighted by atomic mass is 10.1. The fourth-order valence-electron chi connectivity index (χ4n) is 4.26. The third kappa shape index (κ3) is 3.58. The molecule has 2 aliphatic heterocycles. The average molecular weight is 420 g/mol. The Bertz CT molecular complexity index is 1160. The van der Waals surface area contributed by atoms with E-state index in [2.05, 4.69) is 21.8 Å². The first kappa shape index (κ1) is 19.4. The van der Waals surface area contributed by atoms with Crippen molar-refractivity contribution in [2.75, 3.05) is 24.7 Å². The van der Waals surface area contributed by atoms with Crippen LogP contribution in [0.5, 0.6) is 11.5 Å². The number of carbonyl (C=O) groups excluding carboxylic acids is 2. The van der Waals surface area contributed by atoms with Gasteiger partial charge in [0.2, 0.25) is 11.8 Å². The number of para-hydroxylation sites is 2. The highest BCUT2D eigenvalue weighted by molar-refractivity contribution is 6.00. The molecule has 3 heterocycles. The summed E-state index contributed by atoms with van der Waals surface area (Å²) in [6, 6.07) is 13.4. The minimum Gasteiger partial charge on any atom is -0.486 e. The fraction of sp³-hybridized carbons (Fsp3) is 0.348. The molecule has 5 rings (SSSR count). The maximum absolute atomic E-state index is 12.8. The van der Waals surface area contributed by atoms with Gasteiger partial charge in [-0.15, -0.1) is 0 Å². The lowest BCUT2D eigenvalue weighted by Crippen LogP contribution is -2.33. The summed E-state index contributed by atoms with van der Waals surface area (Å²) in [6.07, 6.45) is 0.185. The number of anilines is 1. The highest BCUT2D eigenvalue weighted by atomic mass is 16.6. The summed E-state index contributed by atoms with van der Waals surface area (Å²) in [6.45, 7) is 4.50. The molecule has 0 spiro atoms. The van der Waals surface area contributed by atoms with Crippen molar-refractivity contribution in [1.82, 2.24) is 14.9 Å². The second kappa shape index (κ2) is 7.94. The number of hydrogen-bond acceptors (Lipinski definition) is 5. The SMILES string of the molecule is CCn1c(CNC(=O)[C@H]2CC(=O)N(c3ccc4c(c3)OCCO4)C2)nc2ccccc21. The molecule has 0 saturated carbocycles. The summed E-state index contributed by atoms with van der Waals surface area (Å²) in [7, 11) is 0. The van der Waals surface area contributed by atoms with Gasteiger partial charge in [-0.25, -0.2) is 4.98 Å². The largest absolute Gasteiger partial charge is 0.486 e.